The molecular formula is C14H11Cl2N7O4. The van der Waals surface area contributed by atoms with Gasteiger partial charge in [0, 0.05) is 6.07 Å². The van der Waals surface area contributed by atoms with Crippen LogP contribution in [0.2, 0.25) is 10.0 Å². The fraction of sp³-hybridized carbons (Fsp3) is 0.143. The molecule has 0 unspecified atom stereocenters. The summed E-state index contributed by atoms with van der Waals surface area (Å²) in [5.74, 6) is 0. The Morgan fingerprint density at radius 3 is 2.37 bits per heavy atom. The number of aryl methyl sites for hydroxylation is 2. The van der Waals surface area contributed by atoms with Gasteiger partial charge in [-0.15, -0.1) is 10.2 Å². The van der Waals surface area contributed by atoms with Gasteiger partial charge in [0.05, 0.1) is 20.5 Å². The summed E-state index contributed by atoms with van der Waals surface area (Å²) in [4.78, 5) is 11.3. The van der Waals surface area contributed by atoms with Gasteiger partial charge in [0.2, 0.25) is 0 Å². The SMILES string of the molecule is Cc1c([N+](=O)[O-])cc(Cl)c2nnn(O)c12.Cc1ccc2c(nnn2O)c1Cl. The van der Waals surface area contributed by atoms with E-state index in [1.165, 1.54) is 13.0 Å². The van der Waals surface area contributed by atoms with Crippen molar-refractivity contribution in [1.82, 2.24) is 30.3 Å². The minimum absolute atomic E-state index is 0.0857. The Bertz CT molecular complexity index is 1190. The fourth-order valence-corrected chi connectivity index (χ4v) is 2.85. The smallest absolute Gasteiger partial charge is 0.276 e. The van der Waals surface area contributed by atoms with Crippen LogP contribution >= 0.6 is 23.2 Å². The molecule has 0 saturated heterocycles. The van der Waals surface area contributed by atoms with E-state index in [9.17, 15) is 15.3 Å². The molecule has 140 valence electrons. The second kappa shape index (κ2) is 6.85. The minimum atomic E-state index is -0.576. The highest BCUT2D eigenvalue weighted by molar-refractivity contribution is 6.35. The summed E-state index contributed by atoms with van der Waals surface area (Å²) in [5, 5.41) is 43.7. The molecule has 0 bridgehead atoms. The Morgan fingerprint density at radius 1 is 1.07 bits per heavy atom. The first-order valence-corrected chi connectivity index (χ1v) is 8.06. The minimum Gasteiger partial charge on any atom is -0.410 e. The number of rotatable bonds is 1. The van der Waals surface area contributed by atoms with Gasteiger partial charge in [-0.1, -0.05) is 39.0 Å². The van der Waals surface area contributed by atoms with Gasteiger partial charge in [-0.2, -0.15) is 0 Å². The first-order chi connectivity index (χ1) is 12.7. The van der Waals surface area contributed by atoms with Crippen LogP contribution in [-0.4, -0.2) is 45.7 Å². The lowest BCUT2D eigenvalue weighted by Gasteiger charge is -2.00. The zero-order valence-corrected chi connectivity index (χ0v) is 15.3. The number of aromatic nitrogens is 6. The largest absolute Gasteiger partial charge is 0.410 e. The molecule has 0 amide bonds. The average Bonchev–Trinajstić information content (AvgIpc) is 3.19. The monoisotopic (exact) mass is 411 g/mol. The molecule has 0 atom stereocenters. The number of nitrogens with zero attached hydrogens (tertiary/aromatic N) is 7. The van der Waals surface area contributed by atoms with Crippen molar-refractivity contribution in [3.8, 4) is 0 Å². The van der Waals surface area contributed by atoms with Gasteiger partial charge >= 0.3 is 0 Å². The lowest BCUT2D eigenvalue weighted by atomic mass is 10.1. The molecule has 2 N–H and O–H groups in total. The van der Waals surface area contributed by atoms with Crippen molar-refractivity contribution >= 4 is 51.0 Å². The number of hydrogen-bond acceptors (Lipinski definition) is 8. The molecule has 0 radical (unpaired) electrons. The van der Waals surface area contributed by atoms with Crippen LogP contribution < -0.4 is 0 Å². The summed E-state index contributed by atoms with van der Waals surface area (Å²) < 4.78 is 0. The van der Waals surface area contributed by atoms with E-state index >= 15 is 0 Å². The van der Waals surface area contributed by atoms with E-state index in [0.717, 1.165) is 5.56 Å². The van der Waals surface area contributed by atoms with Crippen molar-refractivity contribution in [3.63, 3.8) is 0 Å². The predicted octanol–water partition coefficient (Wildman–Crippen LogP) is 3.17. The molecule has 0 aliphatic rings. The molecule has 0 aliphatic carbocycles. The number of benzene rings is 2. The topological polar surface area (TPSA) is 145 Å². The summed E-state index contributed by atoms with van der Waals surface area (Å²) in [7, 11) is 0. The molecule has 2 aromatic carbocycles. The van der Waals surface area contributed by atoms with Crippen molar-refractivity contribution in [2.24, 2.45) is 0 Å². The Morgan fingerprint density at radius 2 is 1.70 bits per heavy atom. The molecule has 11 nitrogen and oxygen atoms in total. The van der Waals surface area contributed by atoms with Gasteiger partial charge < -0.3 is 10.4 Å². The Kier molecular flexibility index (Phi) is 4.72. The number of hydrogen-bond donors (Lipinski definition) is 2. The summed E-state index contributed by atoms with van der Waals surface area (Å²) in [6.45, 7) is 3.37. The first kappa shape index (κ1) is 18.6. The zero-order chi connectivity index (χ0) is 19.9. The van der Waals surface area contributed by atoms with Crippen molar-refractivity contribution in [3.05, 3.63) is 49.5 Å². The number of nitro benzene ring substituents is 1. The summed E-state index contributed by atoms with van der Waals surface area (Å²) in [5.41, 5.74) is 2.45. The third kappa shape index (κ3) is 3.17. The lowest BCUT2D eigenvalue weighted by Crippen LogP contribution is -1.97. The maximum atomic E-state index is 10.7. The molecule has 0 spiro atoms. The molecular weight excluding hydrogens is 401 g/mol. The van der Waals surface area contributed by atoms with E-state index in [4.69, 9.17) is 28.4 Å². The van der Waals surface area contributed by atoms with Crippen LogP contribution in [0.1, 0.15) is 11.1 Å². The second-order valence-electron chi connectivity index (χ2n) is 5.48. The molecule has 27 heavy (non-hydrogen) atoms. The highest BCUT2D eigenvalue weighted by Crippen LogP contribution is 2.31. The van der Waals surface area contributed by atoms with Crippen LogP contribution in [0, 0.1) is 24.0 Å². The van der Waals surface area contributed by atoms with E-state index in [1.807, 2.05) is 6.92 Å². The van der Waals surface area contributed by atoms with Crippen LogP contribution in [0.5, 0.6) is 0 Å². The van der Waals surface area contributed by atoms with Gasteiger partial charge in [0.1, 0.15) is 22.1 Å². The standard InChI is InChI=1S/C7H5ClN4O3.C7H6ClN3O/c1-3-5(12(14)15)2-4(8)6-7(3)11(13)10-9-6;1-4-2-3-5-7(6(4)8)9-10-11(5)12/h2,13H,1H3;2-3,12H,1H3. The maximum Gasteiger partial charge on any atom is 0.276 e. The van der Waals surface area contributed by atoms with E-state index in [2.05, 4.69) is 20.6 Å². The summed E-state index contributed by atoms with van der Waals surface area (Å²) in [6, 6.07) is 4.71. The number of nitro groups is 1. The van der Waals surface area contributed by atoms with Gasteiger partial charge in [-0.3, -0.25) is 10.1 Å². The normalized spacial score (nSPS) is 10.8. The molecule has 0 fully saturated rings. The van der Waals surface area contributed by atoms with E-state index in [1.54, 1.807) is 12.1 Å². The van der Waals surface area contributed by atoms with Crippen molar-refractivity contribution in [2.75, 3.05) is 0 Å². The Hall–Kier alpha value is -3.18. The average molecular weight is 412 g/mol. The van der Waals surface area contributed by atoms with Crippen LogP contribution in [0.3, 0.4) is 0 Å². The van der Waals surface area contributed by atoms with Gasteiger partial charge in [0.15, 0.2) is 0 Å². The molecule has 0 saturated carbocycles. The van der Waals surface area contributed by atoms with Crippen LogP contribution in [0.15, 0.2) is 18.2 Å². The van der Waals surface area contributed by atoms with Gasteiger partial charge in [0.25, 0.3) is 5.69 Å². The number of fused-ring (bicyclic) bond motifs is 2. The van der Waals surface area contributed by atoms with E-state index in [-0.39, 0.29) is 27.3 Å². The Balaban J connectivity index is 0.000000159. The van der Waals surface area contributed by atoms with Crippen molar-refractivity contribution in [1.29, 1.82) is 0 Å². The molecule has 2 aromatic heterocycles. The van der Waals surface area contributed by atoms with Crippen molar-refractivity contribution < 1.29 is 15.3 Å². The second-order valence-corrected chi connectivity index (χ2v) is 6.26. The fourth-order valence-electron chi connectivity index (χ4n) is 2.42. The van der Waals surface area contributed by atoms with Crippen LogP contribution in [0.25, 0.3) is 22.1 Å². The van der Waals surface area contributed by atoms with Gasteiger partial charge in [-0.05, 0) is 35.9 Å². The molecule has 13 heteroatoms. The van der Waals surface area contributed by atoms with Gasteiger partial charge in [-0.25, -0.2) is 0 Å². The number of halogens is 2. The van der Waals surface area contributed by atoms with E-state index < -0.39 is 4.92 Å². The van der Waals surface area contributed by atoms with Crippen LogP contribution in [-0.2, 0) is 0 Å². The third-order valence-corrected chi connectivity index (χ3v) is 4.58. The van der Waals surface area contributed by atoms with E-state index in [0.29, 0.717) is 25.7 Å². The predicted molar refractivity (Wildman–Crippen MR) is 95.6 cm³/mol. The molecule has 2 heterocycles. The summed E-state index contributed by atoms with van der Waals surface area (Å²) in [6.07, 6.45) is 0. The quantitative estimate of drug-likeness (QED) is 0.275. The highest BCUT2D eigenvalue weighted by Gasteiger charge is 2.21. The molecule has 4 aromatic rings. The highest BCUT2D eigenvalue weighted by atomic mass is 35.5. The molecule has 0 aliphatic heterocycles. The van der Waals surface area contributed by atoms with Crippen molar-refractivity contribution in [2.45, 2.75) is 13.8 Å². The van der Waals surface area contributed by atoms with Crippen LogP contribution in [0.4, 0.5) is 5.69 Å². The Labute approximate surface area is 160 Å². The maximum absolute atomic E-state index is 10.7. The third-order valence-electron chi connectivity index (χ3n) is 3.81. The summed E-state index contributed by atoms with van der Waals surface area (Å²) >= 11 is 11.7. The zero-order valence-electron chi connectivity index (χ0n) is 13.8. The molecule has 4 rings (SSSR count). The lowest BCUT2D eigenvalue weighted by molar-refractivity contribution is -0.385. The first-order valence-electron chi connectivity index (χ1n) is 7.30.